The van der Waals surface area contributed by atoms with Crippen molar-refractivity contribution >= 4 is 54.6 Å². The van der Waals surface area contributed by atoms with Crippen LogP contribution < -0.4 is 0 Å². The summed E-state index contributed by atoms with van der Waals surface area (Å²) in [5, 5.41) is 6.57. The first-order valence-corrected chi connectivity index (χ1v) is 21.9. The molecule has 4 aromatic heterocycles. The van der Waals surface area contributed by atoms with Crippen molar-refractivity contribution < 1.29 is 8.83 Å². The molecule has 0 saturated carbocycles. The summed E-state index contributed by atoms with van der Waals surface area (Å²) in [4.78, 5) is 25.6. The largest absolute Gasteiger partial charge is 0.456 e. The van der Waals surface area contributed by atoms with Gasteiger partial charge >= 0.3 is 0 Å². The zero-order valence-electron chi connectivity index (χ0n) is 35.3. The van der Waals surface area contributed by atoms with Gasteiger partial charge in [-0.3, -0.25) is 0 Å². The van der Waals surface area contributed by atoms with Crippen LogP contribution in [-0.2, 0) is 0 Å². The lowest BCUT2D eigenvalue weighted by atomic mass is 9.99. The number of aromatic nitrogens is 5. The third-order valence-corrected chi connectivity index (χ3v) is 12.3. The molecule has 7 heteroatoms. The SMILES string of the molecule is c1ccc(-c2nc(-c3cccc(-c4cccc(-c5nc(-c6ccccc6)nc(-c6ccc7oc8ccc9ccccc9c8c7c6)n5)c4)c3)cc(-c3ccc4c(c3)oc3ccccc34)n2)cc1. The summed E-state index contributed by atoms with van der Waals surface area (Å²) >= 11 is 0. The summed E-state index contributed by atoms with van der Waals surface area (Å²) in [6.45, 7) is 0. The van der Waals surface area contributed by atoms with Crippen LogP contribution in [0.25, 0.3) is 134 Å². The van der Waals surface area contributed by atoms with Gasteiger partial charge < -0.3 is 8.83 Å². The molecule has 0 atom stereocenters. The maximum Gasteiger partial charge on any atom is 0.164 e. The van der Waals surface area contributed by atoms with Gasteiger partial charge in [0.1, 0.15) is 22.3 Å². The normalized spacial score (nSPS) is 11.6. The molecule has 66 heavy (non-hydrogen) atoms. The molecule has 4 heterocycles. The third kappa shape index (κ3) is 6.57. The molecular formula is C59H35N5O2. The van der Waals surface area contributed by atoms with Gasteiger partial charge in [0.25, 0.3) is 0 Å². The van der Waals surface area contributed by atoms with E-state index in [1.807, 2.05) is 97.1 Å². The van der Waals surface area contributed by atoms with Crippen molar-refractivity contribution in [1.29, 1.82) is 0 Å². The summed E-state index contributed by atoms with van der Waals surface area (Å²) in [5.74, 6) is 2.40. The summed E-state index contributed by atoms with van der Waals surface area (Å²) in [6.07, 6.45) is 0. The van der Waals surface area contributed by atoms with Crippen molar-refractivity contribution in [3.8, 4) is 79.2 Å². The van der Waals surface area contributed by atoms with Crippen LogP contribution >= 0.6 is 0 Å². The number of furan rings is 2. The van der Waals surface area contributed by atoms with Crippen LogP contribution in [0.5, 0.6) is 0 Å². The number of nitrogens with zero attached hydrogens (tertiary/aromatic N) is 5. The summed E-state index contributed by atoms with van der Waals surface area (Å²) in [7, 11) is 0. The second-order valence-electron chi connectivity index (χ2n) is 16.4. The van der Waals surface area contributed by atoms with Crippen LogP contribution in [-0.4, -0.2) is 24.9 Å². The molecule has 7 nitrogen and oxygen atoms in total. The highest BCUT2D eigenvalue weighted by atomic mass is 16.3. The number of benzene rings is 9. The van der Waals surface area contributed by atoms with E-state index < -0.39 is 0 Å². The van der Waals surface area contributed by atoms with Crippen LogP contribution in [0.4, 0.5) is 0 Å². The summed E-state index contributed by atoms with van der Waals surface area (Å²) < 4.78 is 12.6. The fourth-order valence-corrected chi connectivity index (χ4v) is 9.08. The van der Waals surface area contributed by atoms with Crippen LogP contribution in [0.2, 0.25) is 0 Å². The van der Waals surface area contributed by atoms with Gasteiger partial charge in [-0.2, -0.15) is 0 Å². The van der Waals surface area contributed by atoms with E-state index in [0.29, 0.717) is 23.3 Å². The van der Waals surface area contributed by atoms with Crippen molar-refractivity contribution in [3.05, 3.63) is 212 Å². The molecule has 0 fully saturated rings. The molecule has 0 amide bonds. The van der Waals surface area contributed by atoms with E-state index in [1.54, 1.807) is 0 Å². The van der Waals surface area contributed by atoms with Gasteiger partial charge in [0, 0.05) is 54.9 Å². The van der Waals surface area contributed by atoms with Crippen molar-refractivity contribution in [2.24, 2.45) is 0 Å². The fourth-order valence-electron chi connectivity index (χ4n) is 9.08. The highest BCUT2D eigenvalue weighted by molar-refractivity contribution is 6.19. The molecule has 0 radical (unpaired) electrons. The van der Waals surface area contributed by atoms with Crippen LogP contribution in [0.3, 0.4) is 0 Å². The molecule has 308 valence electrons. The minimum atomic E-state index is 0.578. The van der Waals surface area contributed by atoms with E-state index in [9.17, 15) is 0 Å². The average molecular weight is 846 g/mol. The highest BCUT2D eigenvalue weighted by Gasteiger charge is 2.18. The summed E-state index contributed by atoms with van der Waals surface area (Å²) in [5.41, 5.74) is 12.5. The lowest BCUT2D eigenvalue weighted by molar-refractivity contribution is 0.668. The van der Waals surface area contributed by atoms with Gasteiger partial charge in [-0.25, -0.2) is 24.9 Å². The number of para-hydroxylation sites is 1. The van der Waals surface area contributed by atoms with Crippen molar-refractivity contribution in [2.75, 3.05) is 0 Å². The van der Waals surface area contributed by atoms with Crippen molar-refractivity contribution in [3.63, 3.8) is 0 Å². The fraction of sp³-hybridized carbons (Fsp3) is 0. The number of hydrogen-bond acceptors (Lipinski definition) is 7. The Balaban J connectivity index is 0.906. The van der Waals surface area contributed by atoms with Crippen LogP contribution in [0, 0.1) is 0 Å². The monoisotopic (exact) mass is 845 g/mol. The zero-order chi connectivity index (χ0) is 43.6. The molecule has 0 aliphatic heterocycles. The maximum absolute atomic E-state index is 6.34. The van der Waals surface area contributed by atoms with Crippen molar-refractivity contribution in [1.82, 2.24) is 24.9 Å². The van der Waals surface area contributed by atoms with Gasteiger partial charge in [-0.05, 0) is 82.6 Å². The lowest BCUT2D eigenvalue weighted by Crippen LogP contribution is -2.00. The Morgan fingerprint density at radius 1 is 0.242 bits per heavy atom. The maximum atomic E-state index is 6.34. The van der Waals surface area contributed by atoms with E-state index in [2.05, 4.69) is 115 Å². The first-order valence-electron chi connectivity index (χ1n) is 21.9. The molecule has 13 aromatic rings. The minimum absolute atomic E-state index is 0.578. The van der Waals surface area contributed by atoms with Gasteiger partial charge in [-0.1, -0.05) is 152 Å². The zero-order valence-corrected chi connectivity index (χ0v) is 35.3. The summed E-state index contributed by atoms with van der Waals surface area (Å²) in [6, 6.07) is 72.3. The smallest absolute Gasteiger partial charge is 0.164 e. The van der Waals surface area contributed by atoms with Crippen molar-refractivity contribution in [2.45, 2.75) is 0 Å². The second-order valence-corrected chi connectivity index (χ2v) is 16.4. The van der Waals surface area contributed by atoms with Gasteiger partial charge in [0.15, 0.2) is 23.3 Å². The molecule has 0 saturated heterocycles. The lowest BCUT2D eigenvalue weighted by Gasteiger charge is -2.12. The Morgan fingerprint density at radius 2 is 0.727 bits per heavy atom. The quantitative estimate of drug-likeness (QED) is 0.158. The standard InChI is InChI=1S/C59H35N5O2/c1-3-14-37(15-4-1)56-60-49(35-50(61-56)42-25-28-47-46-23-9-10-24-51(46)66-54(47)34-42)41-20-11-18-39(31-41)40-19-12-21-43(32-40)58-62-57(38-16-5-2-6-17-38)63-59(64-58)44-27-29-52-48(33-44)55-45-22-8-7-13-36(45)26-30-53(55)65-52/h1-35H. The molecule has 0 bridgehead atoms. The molecule has 0 N–H and O–H groups in total. The topological polar surface area (TPSA) is 90.7 Å². The molecule has 0 aliphatic carbocycles. The molecule has 0 spiro atoms. The highest BCUT2D eigenvalue weighted by Crippen LogP contribution is 2.38. The Bertz CT molecular complexity index is 4010. The number of fused-ring (bicyclic) bond motifs is 8. The van der Waals surface area contributed by atoms with Gasteiger partial charge in [0.2, 0.25) is 0 Å². The van der Waals surface area contributed by atoms with E-state index in [1.165, 1.54) is 0 Å². The Hall–Kier alpha value is -9.07. The first-order chi connectivity index (χ1) is 32.6. The first kappa shape index (κ1) is 37.5. The molecule has 0 unspecified atom stereocenters. The molecule has 0 aliphatic rings. The van der Waals surface area contributed by atoms with E-state index in [0.717, 1.165) is 111 Å². The van der Waals surface area contributed by atoms with Crippen LogP contribution in [0.15, 0.2) is 221 Å². The Kier molecular flexibility index (Phi) is 8.70. The molecule has 9 aromatic carbocycles. The minimum Gasteiger partial charge on any atom is -0.456 e. The number of hydrogen-bond donors (Lipinski definition) is 0. The number of rotatable bonds is 7. The van der Waals surface area contributed by atoms with E-state index >= 15 is 0 Å². The van der Waals surface area contributed by atoms with Gasteiger partial charge in [-0.15, -0.1) is 0 Å². The Labute approximate surface area is 378 Å². The van der Waals surface area contributed by atoms with Gasteiger partial charge in [0.05, 0.1) is 11.4 Å². The molecular weight excluding hydrogens is 811 g/mol. The average Bonchev–Trinajstić information content (AvgIpc) is 3.97. The van der Waals surface area contributed by atoms with E-state index in [-0.39, 0.29) is 0 Å². The Morgan fingerprint density at radius 3 is 1.47 bits per heavy atom. The predicted octanol–water partition coefficient (Wildman–Crippen LogP) is 15.3. The van der Waals surface area contributed by atoms with Crippen LogP contribution in [0.1, 0.15) is 0 Å². The predicted molar refractivity (Wildman–Crippen MR) is 266 cm³/mol. The second kappa shape index (κ2) is 15.3. The third-order valence-electron chi connectivity index (χ3n) is 12.3. The van der Waals surface area contributed by atoms with E-state index in [4.69, 9.17) is 33.8 Å². The molecule has 13 rings (SSSR count).